The first-order valence-electron chi connectivity index (χ1n) is 5.93. The van der Waals surface area contributed by atoms with Gasteiger partial charge in [-0.25, -0.2) is 4.98 Å². The Hall–Kier alpha value is -1.77. The molecule has 0 saturated heterocycles. The van der Waals surface area contributed by atoms with Crippen molar-refractivity contribution in [2.45, 2.75) is 19.3 Å². The zero-order valence-corrected chi connectivity index (χ0v) is 9.81. The van der Waals surface area contributed by atoms with Gasteiger partial charge in [0.05, 0.1) is 18.3 Å². The highest BCUT2D eigenvalue weighted by atomic mass is 16.5. The van der Waals surface area contributed by atoms with Gasteiger partial charge in [0.1, 0.15) is 11.5 Å². The molecule has 0 spiro atoms. The molecule has 1 fully saturated rings. The zero-order chi connectivity index (χ0) is 11.8. The Labute approximate surface area is 100 Å². The molecule has 1 heterocycles. The van der Waals surface area contributed by atoms with Crippen LogP contribution in [0.25, 0.3) is 10.9 Å². The number of benzene rings is 1. The van der Waals surface area contributed by atoms with Crippen LogP contribution in [0.2, 0.25) is 0 Å². The molecule has 0 bridgehead atoms. The van der Waals surface area contributed by atoms with Gasteiger partial charge in [-0.2, -0.15) is 0 Å². The molecule has 0 radical (unpaired) electrons. The van der Waals surface area contributed by atoms with E-state index in [4.69, 9.17) is 4.74 Å². The van der Waals surface area contributed by atoms with Crippen LogP contribution in [0.4, 0.5) is 0 Å². The van der Waals surface area contributed by atoms with Crippen molar-refractivity contribution < 1.29 is 9.84 Å². The van der Waals surface area contributed by atoms with Gasteiger partial charge in [0.15, 0.2) is 0 Å². The van der Waals surface area contributed by atoms with E-state index in [-0.39, 0.29) is 5.75 Å². The van der Waals surface area contributed by atoms with E-state index in [1.54, 1.807) is 13.2 Å². The van der Waals surface area contributed by atoms with Gasteiger partial charge in [0.2, 0.25) is 0 Å². The van der Waals surface area contributed by atoms with Crippen molar-refractivity contribution in [3.63, 3.8) is 0 Å². The van der Waals surface area contributed by atoms with Gasteiger partial charge in [0, 0.05) is 5.39 Å². The molecule has 0 atom stereocenters. The van der Waals surface area contributed by atoms with Crippen molar-refractivity contribution in [1.29, 1.82) is 0 Å². The summed E-state index contributed by atoms with van der Waals surface area (Å²) in [5.41, 5.74) is 1.70. The summed E-state index contributed by atoms with van der Waals surface area (Å²) < 4.78 is 5.26. The van der Waals surface area contributed by atoms with Crippen molar-refractivity contribution in [2.75, 3.05) is 7.11 Å². The molecule has 1 N–H and O–H groups in total. The second kappa shape index (κ2) is 3.91. The molecule has 1 aliphatic rings. The number of ether oxygens (including phenoxy) is 1. The first-order valence-corrected chi connectivity index (χ1v) is 5.93. The van der Waals surface area contributed by atoms with E-state index in [9.17, 15) is 5.11 Å². The first kappa shape index (κ1) is 10.4. The molecule has 1 aliphatic carbocycles. The maximum Gasteiger partial charge on any atom is 0.137 e. The van der Waals surface area contributed by atoms with Gasteiger partial charge in [-0.1, -0.05) is 6.07 Å². The highest BCUT2D eigenvalue weighted by Gasteiger charge is 2.24. The predicted octanol–water partition coefficient (Wildman–Crippen LogP) is 2.90. The van der Waals surface area contributed by atoms with E-state index >= 15 is 0 Å². The lowest BCUT2D eigenvalue weighted by atomic mass is 10.1. The molecular formula is C14H15NO2. The van der Waals surface area contributed by atoms with Crippen LogP contribution in [0, 0.1) is 5.92 Å². The molecule has 2 aromatic rings. The number of aromatic nitrogens is 1. The summed E-state index contributed by atoms with van der Waals surface area (Å²) in [6, 6.07) is 7.52. The summed E-state index contributed by atoms with van der Waals surface area (Å²) in [7, 11) is 1.63. The molecule has 1 saturated carbocycles. The number of rotatable bonds is 3. The highest BCUT2D eigenvalue weighted by molar-refractivity contribution is 5.86. The van der Waals surface area contributed by atoms with Gasteiger partial charge in [-0.15, -0.1) is 0 Å². The van der Waals surface area contributed by atoms with Crippen molar-refractivity contribution in [3.8, 4) is 11.5 Å². The fourth-order valence-electron chi connectivity index (χ4n) is 2.12. The molecule has 1 aromatic heterocycles. The second-order valence-electron chi connectivity index (χ2n) is 4.63. The average molecular weight is 229 g/mol. The second-order valence-corrected chi connectivity index (χ2v) is 4.63. The van der Waals surface area contributed by atoms with E-state index < -0.39 is 0 Å². The van der Waals surface area contributed by atoms with Gasteiger partial charge in [-0.05, 0) is 43.4 Å². The summed E-state index contributed by atoms with van der Waals surface area (Å²) >= 11 is 0. The normalized spacial score (nSPS) is 15.1. The summed E-state index contributed by atoms with van der Waals surface area (Å²) in [6.07, 6.45) is 3.41. The SMILES string of the molecule is COc1cccc2nc(CC3CC3)c(O)cc12. The topological polar surface area (TPSA) is 42.4 Å². The minimum atomic E-state index is 0.286. The molecule has 3 heteroatoms. The molecule has 88 valence electrons. The number of fused-ring (bicyclic) bond motifs is 1. The summed E-state index contributed by atoms with van der Waals surface area (Å²) in [5.74, 6) is 1.76. The summed E-state index contributed by atoms with van der Waals surface area (Å²) in [5, 5.41) is 10.9. The van der Waals surface area contributed by atoms with Crippen molar-refractivity contribution >= 4 is 10.9 Å². The first-order chi connectivity index (χ1) is 8.28. The Morgan fingerprint density at radius 1 is 1.41 bits per heavy atom. The molecular weight excluding hydrogens is 214 g/mol. The molecule has 3 nitrogen and oxygen atoms in total. The van der Waals surface area contributed by atoms with Gasteiger partial charge >= 0.3 is 0 Å². The molecule has 3 rings (SSSR count). The minimum Gasteiger partial charge on any atom is -0.506 e. The van der Waals surface area contributed by atoms with Gasteiger partial charge in [-0.3, -0.25) is 0 Å². The lowest BCUT2D eigenvalue weighted by Gasteiger charge is -2.08. The smallest absolute Gasteiger partial charge is 0.137 e. The van der Waals surface area contributed by atoms with Crippen LogP contribution >= 0.6 is 0 Å². The fraction of sp³-hybridized carbons (Fsp3) is 0.357. The van der Waals surface area contributed by atoms with E-state index in [0.717, 1.165) is 34.7 Å². The fourth-order valence-corrected chi connectivity index (χ4v) is 2.12. The van der Waals surface area contributed by atoms with Gasteiger partial charge < -0.3 is 9.84 Å². The Bertz CT molecular complexity index is 561. The maximum absolute atomic E-state index is 9.99. The number of hydrogen-bond donors (Lipinski definition) is 1. The molecule has 1 aromatic carbocycles. The third-order valence-corrected chi connectivity index (χ3v) is 3.27. The van der Waals surface area contributed by atoms with E-state index in [1.807, 2.05) is 18.2 Å². The van der Waals surface area contributed by atoms with Crippen LogP contribution in [-0.4, -0.2) is 17.2 Å². The minimum absolute atomic E-state index is 0.286. The van der Waals surface area contributed by atoms with Crippen molar-refractivity contribution in [3.05, 3.63) is 30.0 Å². The zero-order valence-electron chi connectivity index (χ0n) is 9.81. The third kappa shape index (κ3) is 1.93. The quantitative estimate of drug-likeness (QED) is 0.880. The molecule has 0 amide bonds. The van der Waals surface area contributed by atoms with E-state index in [1.165, 1.54) is 12.8 Å². The lowest BCUT2D eigenvalue weighted by molar-refractivity contribution is 0.419. The predicted molar refractivity (Wildman–Crippen MR) is 66.4 cm³/mol. The standard InChI is InChI=1S/C14H15NO2/c1-17-14-4-2-3-11-10(14)8-13(16)12(15-11)7-9-5-6-9/h2-4,8-9,16H,5-7H2,1H3. The Balaban J connectivity index is 2.11. The Morgan fingerprint density at radius 3 is 2.94 bits per heavy atom. The van der Waals surface area contributed by atoms with E-state index in [2.05, 4.69) is 4.98 Å². The number of hydrogen-bond acceptors (Lipinski definition) is 3. The van der Waals surface area contributed by atoms with Crippen LogP contribution in [0.1, 0.15) is 18.5 Å². The van der Waals surface area contributed by atoms with Crippen LogP contribution in [-0.2, 0) is 6.42 Å². The summed E-state index contributed by atoms with van der Waals surface area (Å²) in [4.78, 5) is 4.53. The van der Waals surface area contributed by atoms with Crippen LogP contribution in [0.3, 0.4) is 0 Å². The number of nitrogens with zero attached hydrogens (tertiary/aromatic N) is 1. The number of methoxy groups -OCH3 is 1. The third-order valence-electron chi connectivity index (χ3n) is 3.27. The maximum atomic E-state index is 9.99. The largest absolute Gasteiger partial charge is 0.506 e. The number of aromatic hydroxyl groups is 1. The van der Waals surface area contributed by atoms with Gasteiger partial charge in [0.25, 0.3) is 0 Å². The number of pyridine rings is 1. The monoisotopic (exact) mass is 229 g/mol. The molecule has 0 aliphatic heterocycles. The van der Waals surface area contributed by atoms with Crippen LogP contribution in [0.15, 0.2) is 24.3 Å². The Kier molecular flexibility index (Phi) is 2.39. The van der Waals surface area contributed by atoms with E-state index in [0.29, 0.717) is 0 Å². The Morgan fingerprint density at radius 2 is 2.24 bits per heavy atom. The van der Waals surface area contributed by atoms with Crippen molar-refractivity contribution in [2.24, 2.45) is 5.92 Å². The summed E-state index contributed by atoms with van der Waals surface area (Å²) in [6.45, 7) is 0. The molecule has 17 heavy (non-hydrogen) atoms. The average Bonchev–Trinajstić information content (AvgIpc) is 3.13. The van der Waals surface area contributed by atoms with Crippen LogP contribution in [0.5, 0.6) is 11.5 Å². The lowest BCUT2D eigenvalue weighted by Crippen LogP contribution is -1.95. The highest BCUT2D eigenvalue weighted by Crippen LogP contribution is 2.36. The van der Waals surface area contributed by atoms with Crippen molar-refractivity contribution in [1.82, 2.24) is 4.98 Å². The molecule has 0 unspecified atom stereocenters. The van der Waals surface area contributed by atoms with Crippen LogP contribution < -0.4 is 4.74 Å².